The zero-order chi connectivity index (χ0) is 22.6. The van der Waals surface area contributed by atoms with Gasteiger partial charge in [-0.1, -0.05) is 24.3 Å². The van der Waals surface area contributed by atoms with Gasteiger partial charge in [0.05, 0.1) is 36.3 Å². The van der Waals surface area contributed by atoms with Crippen molar-refractivity contribution in [2.24, 2.45) is 0 Å². The molecule has 1 atom stereocenters. The van der Waals surface area contributed by atoms with Crippen LogP contribution in [0.2, 0.25) is 0 Å². The van der Waals surface area contributed by atoms with E-state index in [-0.39, 0.29) is 12.5 Å². The van der Waals surface area contributed by atoms with Gasteiger partial charge in [-0.05, 0) is 35.7 Å². The molecule has 1 aromatic heterocycles. The first kappa shape index (κ1) is 21.4. The average molecular weight is 446 g/mol. The number of ether oxygens (including phenoxy) is 1. The number of anilines is 2. The number of fused-ring (bicyclic) bond motifs is 2. The van der Waals surface area contributed by atoms with Crippen molar-refractivity contribution >= 4 is 17.3 Å². The van der Waals surface area contributed by atoms with Crippen LogP contribution in [-0.2, 0) is 13.0 Å². The van der Waals surface area contributed by atoms with Crippen LogP contribution >= 0.6 is 0 Å². The van der Waals surface area contributed by atoms with Crippen molar-refractivity contribution in [3.8, 4) is 5.75 Å². The standard InChI is InChI=1S/C25H27N5O3/c31-22(15-29-8-7-18-3-1-2-4-19(18)14-29)16-30-9-10-33-24-6-5-20(11-23(24)25(30)32)28-21-12-26-17-27-13-21/h1-6,11-13,17,22,28,31H,7-10,14-16H2. The Hall–Kier alpha value is -3.49. The number of nitrogens with zero attached hydrogens (tertiary/aromatic N) is 4. The fraction of sp³-hybridized carbons (Fsp3) is 0.320. The summed E-state index contributed by atoms with van der Waals surface area (Å²) in [7, 11) is 0. The third-order valence-corrected chi connectivity index (χ3v) is 6.07. The summed E-state index contributed by atoms with van der Waals surface area (Å²) in [6.45, 7) is 3.35. The Labute approximate surface area is 192 Å². The molecule has 2 aromatic carbocycles. The van der Waals surface area contributed by atoms with E-state index < -0.39 is 6.10 Å². The number of hydrogen-bond acceptors (Lipinski definition) is 7. The monoisotopic (exact) mass is 445 g/mol. The molecule has 0 fully saturated rings. The smallest absolute Gasteiger partial charge is 0.257 e. The fourth-order valence-electron chi connectivity index (χ4n) is 4.46. The van der Waals surface area contributed by atoms with Crippen LogP contribution in [0.15, 0.2) is 61.2 Å². The van der Waals surface area contributed by atoms with Gasteiger partial charge in [-0.25, -0.2) is 9.97 Å². The number of rotatable bonds is 6. The number of aliphatic hydroxyl groups excluding tert-OH is 1. The molecule has 8 heteroatoms. The lowest BCUT2D eigenvalue weighted by Gasteiger charge is -2.32. The number of aliphatic hydroxyl groups is 1. The minimum atomic E-state index is -0.636. The Kier molecular flexibility index (Phi) is 6.19. The Morgan fingerprint density at radius 3 is 2.70 bits per heavy atom. The van der Waals surface area contributed by atoms with E-state index in [1.165, 1.54) is 17.5 Å². The molecule has 0 aliphatic carbocycles. The van der Waals surface area contributed by atoms with Gasteiger partial charge in [0.25, 0.3) is 5.91 Å². The second-order valence-electron chi connectivity index (χ2n) is 8.47. The molecule has 2 aliphatic heterocycles. The van der Waals surface area contributed by atoms with E-state index in [0.717, 1.165) is 30.9 Å². The van der Waals surface area contributed by atoms with E-state index in [2.05, 4.69) is 44.5 Å². The lowest BCUT2D eigenvalue weighted by Crippen LogP contribution is -2.44. The van der Waals surface area contributed by atoms with Crippen LogP contribution in [0.25, 0.3) is 0 Å². The Morgan fingerprint density at radius 2 is 1.85 bits per heavy atom. The number of carbonyl (C=O) groups is 1. The molecule has 33 heavy (non-hydrogen) atoms. The summed E-state index contributed by atoms with van der Waals surface area (Å²) in [6.07, 6.45) is 5.14. The molecule has 3 aromatic rings. The molecule has 3 heterocycles. The molecule has 2 N–H and O–H groups in total. The molecular formula is C25H27N5O3. The molecule has 8 nitrogen and oxygen atoms in total. The quantitative estimate of drug-likeness (QED) is 0.602. The van der Waals surface area contributed by atoms with Crippen LogP contribution in [0.3, 0.4) is 0 Å². The first-order valence-corrected chi connectivity index (χ1v) is 11.2. The van der Waals surface area contributed by atoms with Crippen molar-refractivity contribution in [1.29, 1.82) is 0 Å². The molecule has 0 saturated heterocycles. The van der Waals surface area contributed by atoms with Crippen molar-refractivity contribution in [3.05, 3.63) is 77.9 Å². The zero-order valence-corrected chi connectivity index (χ0v) is 18.4. The van der Waals surface area contributed by atoms with Gasteiger partial charge in [-0.15, -0.1) is 0 Å². The molecular weight excluding hydrogens is 418 g/mol. The highest BCUT2D eigenvalue weighted by Gasteiger charge is 2.27. The number of β-amino-alcohol motifs (C(OH)–C–C–N with tert-alkyl or cyclic N) is 1. The molecule has 0 bridgehead atoms. The topological polar surface area (TPSA) is 90.8 Å². The van der Waals surface area contributed by atoms with Crippen LogP contribution in [0.5, 0.6) is 5.75 Å². The number of hydrogen-bond donors (Lipinski definition) is 2. The maximum Gasteiger partial charge on any atom is 0.257 e. The Bertz CT molecular complexity index is 1120. The van der Waals surface area contributed by atoms with Crippen molar-refractivity contribution in [3.63, 3.8) is 0 Å². The summed E-state index contributed by atoms with van der Waals surface area (Å²) in [5.74, 6) is 0.415. The number of carbonyl (C=O) groups excluding carboxylic acids is 1. The van der Waals surface area contributed by atoms with E-state index in [0.29, 0.717) is 31.0 Å². The number of amides is 1. The first-order valence-electron chi connectivity index (χ1n) is 11.2. The van der Waals surface area contributed by atoms with Gasteiger partial charge in [-0.3, -0.25) is 9.69 Å². The summed E-state index contributed by atoms with van der Waals surface area (Å²) in [5, 5.41) is 14.0. The second kappa shape index (κ2) is 9.56. The van der Waals surface area contributed by atoms with Crippen molar-refractivity contribution in [1.82, 2.24) is 19.8 Å². The normalized spacial score (nSPS) is 16.9. The van der Waals surface area contributed by atoms with Crippen molar-refractivity contribution in [2.75, 3.05) is 38.1 Å². The van der Waals surface area contributed by atoms with Gasteiger partial charge in [0.2, 0.25) is 0 Å². The van der Waals surface area contributed by atoms with E-state index in [1.54, 1.807) is 29.4 Å². The van der Waals surface area contributed by atoms with Gasteiger partial charge in [0.1, 0.15) is 18.7 Å². The Balaban J connectivity index is 1.24. The van der Waals surface area contributed by atoms with Crippen LogP contribution < -0.4 is 10.1 Å². The highest BCUT2D eigenvalue weighted by atomic mass is 16.5. The number of nitrogens with one attached hydrogen (secondary N) is 1. The predicted octanol–water partition coefficient (Wildman–Crippen LogP) is 2.47. The van der Waals surface area contributed by atoms with Crippen molar-refractivity contribution < 1.29 is 14.6 Å². The van der Waals surface area contributed by atoms with E-state index in [4.69, 9.17) is 4.74 Å². The maximum atomic E-state index is 13.3. The van der Waals surface area contributed by atoms with Crippen LogP contribution in [0.1, 0.15) is 21.5 Å². The Morgan fingerprint density at radius 1 is 1.03 bits per heavy atom. The highest BCUT2D eigenvalue weighted by molar-refractivity contribution is 5.98. The lowest BCUT2D eigenvalue weighted by atomic mass is 10.00. The third kappa shape index (κ3) is 4.97. The van der Waals surface area contributed by atoms with Gasteiger partial charge in [0.15, 0.2) is 0 Å². The largest absolute Gasteiger partial charge is 0.491 e. The predicted molar refractivity (Wildman–Crippen MR) is 125 cm³/mol. The maximum absolute atomic E-state index is 13.3. The summed E-state index contributed by atoms with van der Waals surface area (Å²) < 4.78 is 5.82. The van der Waals surface area contributed by atoms with Gasteiger partial charge in [0, 0.05) is 31.9 Å². The second-order valence-corrected chi connectivity index (χ2v) is 8.47. The van der Waals surface area contributed by atoms with Crippen LogP contribution in [0, 0.1) is 0 Å². The minimum absolute atomic E-state index is 0.140. The van der Waals surface area contributed by atoms with Gasteiger partial charge in [-0.2, -0.15) is 0 Å². The molecule has 0 saturated carbocycles. The number of aromatic nitrogens is 2. The molecule has 2 aliphatic rings. The average Bonchev–Trinajstić information content (AvgIpc) is 2.98. The summed E-state index contributed by atoms with van der Waals surface area (Å²) in [6, 6.07) is 13.9. The van der Waals surface area contributed by atoms with Crippen LogP contribution in [0.4, 0.5) is 11.4 Å². The SMILES string of the molecule is O=C1c2cc(Nc3cncnc3)ccc2OCCN1CC(O)CN1CCc2ccccc2C1. The van der Waals surface area contributed by atoms with Gasteiger partial charge >= 0.3 is 0 Å². The minimum Gasteiger partial charge on any atom is -0.491 e. The lowest BCUT2D eigenvalue weighted by molar-refractivity contribution is 0.0501. The number of benzene rings is 2. The summed E-state index contributed by atoms with van der Waals surface area (Å²) >= 11 is 0. The van der Waals surface area contributed by atoms with Gasteiger partial charge < -0.3 is 20.1 Å². The first-order chi connectivity index (χ1) is 16.2. The van der Waals surface area contributed by atoms with E-state index in [9.17, 15) is 9.90 Å². The van der Waals surface area contributed by atoms with Crippen molar-refractivity contribution in [2.45, 2.75) is 19.1 Å². The van der Waals surface area contributed by atoms with Crippen LogP contribution in [-0.4, -0.2) is 69.7 Å². The third-order valence-electron chi connectivity index (χ3n) is 6.07. The molecule has 5 rings (SSSR count). The molecule has 1 amide bonds. The fourth-order valence-corrected chi connectivity index (χ4v) is 4.46. The highest BCUT2D eigenvalue weighted by Crippen LogP contribution is 2.28. The van der Waals surface area contributed by atoms with E-state index >= 15 is 0 Å². The molecule has 170 valence electrons. The summed E-state index contributed by atoms with van der Waals surface area (Å²) in [5.41, 5.74) is 4.65. The molecule has 0 spiro atoms. The van der Waals surface area contributed by atoms with E-state index in [1.807, 2.05) is 6.07 Å². The molecule has 0 radical (unpaired) electrons. The summed E-state index contributed by atoms with van der Waals surface area (Å²) in [4.78, 5) is 25.2. The zero-order valence-electron chi connectivity index (χ0n) is 18.4. The molecule has 1 unspecified atom stereocenters.